The second-order valence-corrected chi connectivity index (χ2v) is 16.7. The van der Waals surface area contributed by atoms with Gasteiger partial charge < -0.3 is 13.4 Å². The van der Waals surface area contributed by atoms with Crippen molar-refractivity contribution in [3.8, 4) is 51.0 Å². The van der Waals surface area contributed by atoms with Crippen molar-refractivity contribution in [2.24, 2.45) is 0 Å². The van der Waals surface area contributed by atoms with Gasteiger partial charge in [0.15, 0.2) is 17.5 Å². The van der Waals surface area contributed by atoms with Gasteiger partial charge in [0.1, 0.15) is 22.3 Å². The normalized spacial score (nSPS) is 12.0. The molecular formula is C59H34N4O2. The van der Waals surface area contributed by atoms with E-state index in [1.165, 1.54) is 5.39 Å². The van der Waals surface area contributed by atoms with Crippen LogP contribution in [0.3, 0.4) is 0 Å². The van der Waals surface area contributed by atoms with Crippen molar-refractivity contribution in [1.29, 1.82) is 0 Å². The summed E-state index contributed by atoms with van der Waals surface area (Å²) in [4.78, 5) is 16.3. The van der Waals surface area contributed by atoms with Gasteiger partial charge in [-0.25, -0.2) is 15.0 Å². The van der Waals surface area contributed by atoms with E-state index in [2.05, 4.69) is 174 Å². The number of furan rings is 2. The summed E-state index contributed by atoms with van der Waals surface area (Å²) in [5.74, 6) is 1.66. The molecule has 0 radical (unpaired) electrons. The van der Waals surface area contributed by atoms with Crippen LogP contribution >= 0.6 is 0 Å². The van der Waals surface area contributed by atoms with Gasteiger partial charge in [0.25, 0.3) is 0 Å². The van der Waals surface area contributed by atoms with Gasteiger partial charge in [-0.3, -0.25) is 0 Å². The lowest BCUT2D eigenvalue weighted by atomic mass is 10.0. The first-order chi connectivity index (χ1) is 32.2. The second kappa shape index (κ2) is 13.8. The lowest BCUT2D eigenvalue weighted by Gasteiger charge is -2.16. The minimum absolute atomic E-state index is 0.540. The van der Waals surface area contributed by atoms with Gasteiger partial charge in [-0.1, -0.05) is 152 Å². The Morgan fingerprint density at radius 1 is 0.323 bits per heavy atom. The Kier molecular flexibility index (Phi) is 7.59. The van der Waals surface area contributed by atoms with Crippen molar-refractivity contribution in [1.82, 2.24) is 19.5 Å². The molecule has 14 aromatic rings. The van der Waals surface area contributed by atoms with Crippen molar-refractivity contribution in [3.05, 3.63) is 206 Å². The van der Waals surface area contributed by atoms with Gasteiger partial charge in [-0.05, 0) is 81.9 Å². The summed E-state index contributed by atoms with van der Waals surface area (Å²) in [6.45, 7) is 0. The maximum Gasteiger partial charge on any atom is 0.166 e. The fourth-order valence-corrected chi connectivity index (χ4v) is 10.1. The summed E-state index contributed by atoms with van der Waals surface area (Å²) >= 11 is 0. The quantitative estimate of drug-likeness (QED) is 0.173. The minimum atomic E-state index is 0.540. The van der Waals surface area contributed by atoms with E-state index in [9.17, 15) is 0 Å². The van der Waals surface area contributed by atoms with Gasteiger partial charge in [-0.15, -0.1) is 0 Å². The van der Waals surface area contributed by atoms with Crippen LogP contribution in [0.1, 0.15) is 0 Å². The van der Waals surface area contributed by atoms with Crippen LogP contribution in [0.15, 0.2) is 215 Å². The van der Waals surface area contributed by atoms with Crippen molar-refractivity contribution >= 4 is 87.2 Å². The highest BCUT2D eigenvalue weighted by atomic mass is 16.3. The molecule has 6 nitrogen and oxygen atoms in total. The van der Waals surface area contributed by atoms with Gasteiger partial charge in [0.2, 0.25) is 0 Å². The molecule has 14 rings (SSSR count). The topological polar surface area (TPSA) is 69.9 Å². The number of hydrogen-bond donors (Lipinski definition) is 0. The fourth-order valence-electron chi connectivity index (χ4n) is 10.1. The molecule has 4 aromatic heterocycles. The molecule has 0 N–H and O–H groups in total. The Morgan fingerprint density at radius 3 is 1.85 bits per heavy atom. The Morgan fingerprint density at radius 2 is 0.969 bits per heavy atom. The molecule has 0 spiro atoms. The highest BCUT2D eigenvalue weighted by molar-refractivity contribution is 6.21. The number of fused-ring (bicyclic) bond motifs is 12. The first kappa shape index (κ1) is 35.7. The number of hydrogen-bond acceptors (Lipinski definition) is 5. The molecule has 0 saturated heterocycles. The molecule has 0 saturated carbocycles. The third-order valence-electron chi connectivity index (χ3n) is 13.0. The maximum atomic E-state index is 6.93. The first-order valence-corrected chi connectivity index (χ1v) is 21.8. The largest absolute Gasteiger partial charge is 0.456 e. The van der Waals surface area contributed by atoms with Crippen LogP contribution in [0.4, 0.5) is 0 Å². The van der Waals surface area contributed by atoms with Crippen molar-refractivity contribution < 1.29 is 8.83 Å². The fraction of sp³-hybridized carbons (Fsp3) is 0. The smallest absolute Gasteiger partial charge is 0.166 e. The van der Waals surface area contributed by atoms with E-state index in [1.54, 1.807) is 0 Å². The van der Waals surface area contributed by atoms with Crippen molar-refractivity contribution in [2.75, 3.05) is 0 Å². The van der Waals surface area contributed by atoms with E-state index in [0.29, 0.717) is 17.5 Å². The zero-order valence-electron chi connectivity index (χ0n) is 34.7. The van der Waals surface area contributed by atoms with Crippen LogP contribution in [0, 0.1) is 0 Å². The summed E-state index contributed by atoms with van der Waals surface area (Å²) in [6.07, 6.45) is 0. The average molecular weight is 831 g/mol. The van der Waals surface area contributed by atoms with E-state index in [1.807, 2.05) is 36.4 Å². The average Bonchev–Trinajstić information content (AvgIpc) is 4.05. The van der Waals surface area contributed by atoms with Crippen LogP contribution in [0.5, 0.6) is 0 Å². The number of para-hydroxylation sites is 2. The van der Waals surface area contributed by atoms with E-state index in [0.717, 1.165) is 115 Å². The molecule has 0 aliphatic heterocycles. The Balaban J connectivity index is 1.13. The summed E-state index contributed by atoms with van der Waals surface area (Å²) < 4.78 is 15.8. The van der Waals surface area contributed by atoms with Crippen LogP contribution in [-0.4, -0.2) is 19.5 Å². The highest BCUT2D eigenvalue weighted by Gasteiger charge is 2.26. The monoisotopic (exact) mass is 830 g/mol. The van der Waals surface area contributed by atoms with E-state index in [4.69, 9.17) is 23.8 Å². The minimum Gasteiger partial charge on any atom is -0.456 e. The predicted octanol–water partition coefficient (Wildman–Crippen LogP) is 15.7. The molecule has 4 heterocycles. The van der Waals surface area contributed by atoms with Crippen molar-refractivity contribution in [3.63, 3.8) is 0 Å². The Labute approximate surface area is 371 Å². The van der Waals surface area contributed by atoms with Crippen LogP contribution in [-0.2, 0) is 0 Å². The lowest BCUT2D eigenvalue weighted by Crippen LogP contribution is -2.04. The maximum absolute atomic E-state index is 6.93. The molecule has 0 fully saturated rings. The molecular weight excluding hydrogens is 797 g/mol. The zero-order chi connectivity index (χ0) is 42.6. The SMILES string of the molecule is c1ccc(-c2cccc(-c3nc(-c4ccc5oc6c7ccccc7ccc6c5c4-n4c5ccccc5c5cc6ccccc6cc54)nc(-c4cccc5oc6ccccc6c45)n3)c2)cc1. The third kappa shape index (κ3) is 5.44. The zero-order valence-corrected chi connectivity index (χ0v) is 34.7. The standard InChI is InChI=1S/C59H34N4O2/c1-2-14-35(15-3-1)37-19-12-20-40(32-37)57-60-58(45-24-13-27-51-53(45)43-23-9-11-26-50(43)64-51)62-59(61-57)46-30-31-52-54(44-29-28-36-16-6-7-21-41(36)56(44)65-52)55(46)63-48-25-10-8-22-42(48)47-33-38-17-4-5-18-39(38)34-49(47)63/h1-34H. The molecule has 10 aromatic carbocycles. The molecule has 6 heteroatoms. The third-order valence-corrected chi connectivity index (χ3v) is 13.0. The van der Waals surface area contributed by atoms with Gasteiger partial charge in [0.05, 0.1) is 22.1 Å². The summed E-state index contributed by atoms with van der Waals surface area (Å²) in [6, 6.07) is 72.1. The van der Waals surface area contributed by atoms with E-state index >= 15 is 0 Å². The first-order valence-electron chi connectivity index (χ1n) is 21.8. The Hall–Kier alpha value is -8.87. The van der Waals surface area contributed by atoms with Crippen LogP contribution in [0.25, 0.3) is 138 Å². The summed E-state index contributed by atoms with van der Waals surface area (Å²) in [7, 11) is 0. The van der Waals surface area contributed by atoms with Crippen LogP contribution < -0.4 is 0 Å². The Bertz CT molecular complexity index is 4250. The van der Waals surface area contributed by atoms with E-state index < -0.39 is 0 Å². The second-order valence-electron chi connectivity index (χ2n) is 16.7. The number of rotatable bonds is 5. The molecule has 0 bridgehead atoms. The van der Waals surface area contributed by atoms with E-state index in [-0.39, 0.29) is 0 Å². The summed E-state index contributed by atoms with van der Waals surface area (Å²) in [5.41, 5.74) is 11.1. The molecule has 0 atom stereocenters. The molecule has 0 amide bonds. The summed E-state index contributed by atoms with van der Waals surface area (Å²) in [5, 5.41) is 10.8. The molecule has 0 aliphatic rings. The van der Waals surface area contributed by atoms with Gasteiger partial charge in [0, 0.05) is 49.0 Å². The highest BCUT2D eigenvalue weighted by Crippen LogP contribution is 2.46. The molecule has 302 valence electrons. The number of nitrogens with zero attached hydrogens (tertiary/aromatic N) is 4. The van der Waals surface area contributed by atoms with Crippen LogP contribution in [0.2, 0.25) is 0 Å². The van der Waals surface area contributed by atoms with Crippen molar-refractivity contribution in [2.45, 2.75) is 0 Å². The van der Waals surface area contributed by atoms with Gasteiger partial charge in [-0.2, -0.15) is 0 Å². The number of aromatic nitrogens is 4. The molecule has 0 unspecified atom stereocenters. The lowest BCUT2D eigenvalue weighted by molar-refractivity contribution is 0.669. The molecule has 0 aliphatic carbocycles. The number of benzene rings is 10. The molecule has 65 heavy (non-hydrogen) atoms. The predicted molar refractivity (Wildman–Crippen MR) is 265 cm³/mol. The van der Waals surface area contributed by atoms with Gasteiger partial charge >= 0.3 is 0 Å².